The number of nitrogens with zero attached hydrogens (tertiary/aromatic N) is 2. The number of hydrogen-bond donors (Lipinski definition) is 2. The molecule has 0 spiro atoms. The standard InChI is InChI=1S/C9H13N3O2/c10-8(9(13)14)3-1-2-7-6-11-4-5-12-7/h4-6,8H,1-3,10H2,(H,13,14)/t8-/m0/s1. The Kier molecular flexibility index (Phi) is 4.00. The molecule has 0 radical (unpaired) electrons. The Labute approximate surface area is 82.0 Å². The molecule has 0 aromatic carbocycles. The summed E-state index contributed by atoms with van der Waals surface area (Å²) in [6.07, 6.45) is 6.79. The Hall–Kier alpha value is -1.49. The molecule has 76 valence electrons. The second-order valence-corrected chi connectivity index (χ2v) is 3.03. The number of rotatable bonds is 5. The lowest BCUT2D eigenvalue weighted by Crippen LogP contribution is -2.29. The highest BCUT2D eigenvalue weighted by Crippen LogP contribution is 2.01. The molecule has 0 fully saturated rings. The number of aryl methyl sites for hydroxylation is 1. The van der Waals surface area contributed by atoms with Crippen LogP contribution in [0.15, 0.2) is 18.6 Å². The fourth-order valence-corrected chi connectivity index (χ4v) is 1.09. The van der Waals surface area contributed by atoms with Crippen molar-refractivity contribution >= 4 is 5.97 Å². The molecular weight excluding hydrogens is 182 g/mol. The predicted octanol–water partition coefficient (Wildman–Crippen LogP) is 0.211. The van der Waals surface area contributed by atoms with Crippen LogP contribution in [0.5, 0.6) is 0 Å². The number of nitrogens with two attached hydrogens (primary N) is 1. The minimum absolute atomic E-state index is 0.464. The first-order chi connectivity index (χ1) is 6.70. The molecule has 1 aromatic rings. The number of aliphatic carboxylic acids is 1. The first kappa shape index (κ1) is 10.6. The SMILES string of the molecule is N[C@@H](CCCc1cnccn1)C(=O)O. The van der Waals surface area contributed by atoms with Gasteiger partial charge >= 0.3 is 5.97 Å². The smallest absolute Gasteiger partial charge is 0.320 e. The van der Waals surface area contributed by atoms with E-state index in [4.69, 9.17) is 10.8 Å². The first-order valence-corrected chi connectivity index (χ1v) is 4.43. The Morgan fingerprint density at radius 3 is 2.93 bits per heavy atom. The van der Waals surface area contributed by atoms with E-state index in [0.717, 1.165) is 12.1 Å². The molecule has 0 bridgehead atoms. The van der Waals surface area contributed by atoms with Crippen LogP contribution < -0.4 is 5.73 Å². The Balaban J connectivity index is 2.26. The van der Waals surface area contributed by atoms with Crippen molar-refractivity contribution in [2.24, 2.45) is 5.73 Å². The van der Waals surface area contributed by atoms with Gasteiger partial charge in [0.05, 0.1) is 5.69 Å². The molecule has 14 heavy (non-hydrogen) atoms. The van der Waals surface area contributed by atoms with Crippen LogP contribution >= 0.6 is 0 Å². The number of carboxylic acid groups (broad SMARTS) is 1. The normalized spacial score (nSPS) is 12.4. The summed E-state index contributed by atoms with van der Waals surface area (Å²) in [4.78, 5) is 18.4. The zero-order valence-corrected chi connectivity index (χ0v) is 7.76. The Bertz CT molecular complexity index is 289. The van der Waals surface area contributed by atoms with E-state index in [2.05, 4.69) is 9.97 Å². The van der Waals surface area contributed by atoms with Crippen LogP contribution in [0, 0.1) is 0 Å². The van der Waals surface area contributed by atoms with Crippen LogP contribution in [-0.2, 0) is 11.2 Å². The van der Waals surface area contributed by atoms with Gasteiger partial charge in [-0.2, -0.15) is 0 Å². The summed E-state index contributed by atoms with van der Waals surface area (Å²) >= 11 is 0. The molecule has 1 rings (SSSR count). The second kappa shape index (κ2) is 5.29. The van der Waals surface area contributed by atoms with Gasteiger partial charge in [-0.15, -0.1) is 0 Å². The van der Waals surface area contributed by atoms with Crippen LogP contribution in [0.4, 0.5) is 0 Å². The summed E-state index contributed by atoms with van der Waals surface area (Å²) in [6.45, 7) is 0. The minimum atomic E-state index is -0.954. The highest BCUT2D eigenvalue weighted by molar-refractivity contribution is 5.72. The van der Waals surface area contributed by atoms with Gasteiger partial charge in [0.1, 0.15) is 6.04 Å². The van der Waals surface area contributed by atoms with Crippen LogP contribution in [0.2, 0.25) is 0 Å². The van der Waals surface area contributed by atoms with Crippen molar-refractivity contribution in [1.29, 1.82) is 0 Å². The van der Waals surface area contributed by atoms with E-state index < -0.39 is 12.0 Å². The number of hydrogen-bond acceptors (Lipinski definition) is 4. The number of carbonyl (C=O) groups is 1. The highest BCUT2D eigenvalue weighted by Gasteiger charge is 2.10. The molecule has 5 nitrogen and oxygen atoms in total. The van der Waals surface area contributed by atoms with Gasteiger partial charge in [-0.05, 0) is 19.3 Å². The first-order valence-electron chi connectivity index (χ1n) is 4.43. The fraction of sp³-hybridized carbons (Fsp3) is 0.444. The molecule has 1 aromatic heterocycles. The number of aromatic nitrogens is 2. The summed E-state index contributed by atoms with van der Waals surface area (Å²) < 4.78 is 0. The quantitative estimate of drug-likeness (QED) is 0.701. The van der Waals surface area contributed by atoms with Crippen LogP contribution in [0.3, 0.4) is 0 Å². The van der Waals surface area contributed by atoms with Crippen molar-refractivity contribution in [1.82, 2.24) is 9.97 Å². The van der Waals surface area contributed by atoms with Gasteiger partial charge < -0.3 is 10.8 Å². The van der Waals surface area contributed by atoms with E-state index in [1.165, 1.54) is 0 Å². The third-order valence-electron chi connectivity index (χ3n) is 1.88. The van der Waals surface area contributed by atoms with E-state index in [1.807, 2.05) is 0 Å². The van der Waals surface area contributed by atoms with Gasteiger partial charge in [0.25, 0.3) is 0 Å². The van der Waals surface area contributed by atoms with E-state index in [1.54, 1.807) is 18.6 Å². The minimum Gasteiger partial charge on any atom is -0.480 e. The van der Waals surface area contributed by atoms with Crippen LogP contribution in [0.1, 0.15) is 18.5 Å². The topological polar surface area (TPSA) is 89.1 Å². The fourth-order valence-electron chi connectivity index (χ4n) is 1.09. The van der Waals surface area contributed by atoms with Gasteiger partial charge in [-0.25, -0.2) is 0 Å². The zero-order chi connectivity index (χ0) is 10.4. The molecule has 0 aliphatic rings. The maximum Gasteiger partial charge on any atom is 0.320 e. The Morgan fingerprint density at radius 1 is 1.57 bits per heavy atom. The van der Waals surface area contributed by atoms with Crippen molar-refractivity contribution in [2.75, 3.05) is 0 Å². The lowest BCUT2D eigenvalue weighted by Gasteiger charge is -2.04. The van der Waals surface area contributed by atoms with Crippen LogP contribution in [-0.4, -0.2) is 27.1 Å². The third kappa shape index (κ3) is 3.49. The van der Waals surface area contributed by atoms with Crippen molar-refractivity contribution in [2.45, 2.75) is 25.3 Å². The lowest BCUT2D eigenvalue weighted by molar-refractivity contribution is -0.138. The zero-order valence-electron chi connectivity index (χ0n) is 7.76. The molecule has 5 heteroatoms. The highest BCUT2D eigenvalue weighted by atomic mass is 16.4. The predicted molar refractivity (Wildman–Crippen MR) is 50.6 cm³/mol. The van der Waals surface area contributed by atoms with Gasteiger partial charge in [0.15, 0.2) is 0 Å². The summed E-state index contributed by atoms with van der Waals surface area (Å²) in [6, 6.07) is -0.772. The molecule has 0 amide bonds. The molecule has 0 unspecified atom stereocenters. The average Bonchev–Trinajstić information content (AvgIpc) is 2.19. The molecule has 0 saturated heterocycles. The second-order valence-electron chi connectivity index (χ2n) is 3.03. The third-order valence-corrected chi connectivity index (χ3v) is 1.88. The molecule has 1 atom stereocenters. The average molecular weight is 195 g/mol. The summed E-state index contributed by atoms with van der Waals surface area (Å²) in [5, 5.41) is 8.53. The molecule has 0 aliphatic carbocycles. The van der Waals surface area contributed by atoms with E-state index in [0.29, 0.717) is 12.8 Å². The molecular formula is C9H13N3O2. The van der Waals surface area contributed by atoms with E-state index in [9.17, 15) is 4.79 Å². The summed E-state index contributed by atoms with van der Waals surface area (Å²) in [7, 11) is 0. The summed E-state index contributed by atoms with van der Waals surface area (Å²) in [5.41, 5.74) is 6.21. The van der Waals surface area contributed by atoms with Crippen molar-refractivity contribution in [3.05, 3.63) is 24.3 Å². The largest absolute Gasteiger partial charge is 0.480 e. The molecule has 3 N–H and O–H groups in total. The van der Waals surface area contributed by atoms with Gasteiger partial charge in [0.2, 0.25) is 0 Å². The monoisotopic (exact) mass is 195 g/mol. The van der Waals surface area contributed by atoms with E-state index >= 15 is 0 Å². The van der Waals surface area contributed by atoms with Crippen molar-refractivity contribution in [3.63, 3.8) is 0 Å². The maximum atomic E-state index is 10.4. The lowest BCUT2D eigenvalue weighted by atomic mass is 10.1. The Morgan fingerprint density at radius 2 is 2.36 bits per heavy atom. The molecule has 0 aliphatic heterocycles. The van der Waals surface area contributed by atoms with Gasteiger partial charge in [-0.1, -0.05) is 0 Å². The number of carboxylic acids is 1. The van der Waals surface area contributed by atoms with Crippen molar-refractivity contribution < 1.29 is 9.90 Å². The van der Waals surface area contributed by atoms with Crippen molar-refractivity contribution in [3.8, 4) is 0 Å². The maximum absolute atomic E-state index is 10.4. The van der Waals surface area contributed by atoms with Crippen LogP contribution in [0.25, 0.3) is 0 Å². The molecule has 0 saturated carbocycles. The summed E-state index contributed by atoms with van der Waals surface area (Å²) in [5.74, 6) is -0.954. The van der Waals surface area contributed by atoms with E-state index in [-0.39, 0.29) is 0 Å². The van der Waals surface area contributed by atoms with Gasteiger partial charge in [-0.3, -0.25) is 14.8 Å². The molecule has 1 heterocycles. The van der Waals surface area contributed by atoms with Gasteiger partial charge in [0, 0.05) is 18.6 Å².